The number of rotatable bonds is 12. The topological polar surface area (TPSA) is 63.6 Å². The number of alkyl halides is 6. The summed E-state index contributed by atoms with van der Waals surface area (Å²) in [5.74, 6) is 2.28. The Balaban J connectivity index is 1.65. The van der Waals surface area contributed by atoms with Crippen LogP contribution in [-0.2, 0) is 25.4 Å². The van der Waals surface area contributed by atoms with Crippen molar-refractivity contribution in [2.24, 2.45) is 5.92 Å². The van der Waals surface area contributed by atoms with E-state index >= 15 is 0 Å². The van der Waals surface area contributed by atoms with Crippen molar-refractivity contribution < 1.29 is 35.8 Å². The summed E-state index contributed by atoms with van der Waals surface area (Å²) in [5, 5.41) is 0.717. The number of halogens is 7. The molecule has 1 aliphatic carbocycles. The molecular weight excluding hydrogens is 680 g/mol. The molecule has 4 aromatic rings. The second kappa shape index (κ2) is 13.5. The van der Waals surface area contributed by atoms with E-state index in [0.717, 1.165) is 43.3 Å². The Hall–Kier alpha value is -3.81. The standard InChI is InChI=1S/C32H32BrF6N5O2/c1-4-7-43(16-19-5-6-19)29-22(10-21-11-27(45-2)28(46-3)13-26(21)42-29)18-44(30-40-14-25(33)15-41-30)17-20-8-23(31(34,35)36)12-24(9-20)32(37,38)39/h8-15,19H,4-7,16-18H2,1-3H3. The molecule has 0 saturated heterocycles. The lowest BCUT2D eigenvalue weighted by molar-refractivity contribution is -0.143. The molecule has 7 nitrogen and oxygen atoms in total. The number of anilines is 2. The monoisotopic (exact) mass is 711 g/mol. The van der Waals surface area contributed by atoms with Gasteiger partial charge in [0.05, 0.1) is 35.3 Å². The fourth-order valence-electron chi connectivity index (χ4n) is 5.29. The van der Waals surface area contributed by atoms with Crippen molar-refractivity contribution in [1.82, 2.24) is 15.0 Å². The quantitative estimate of drug-likeness (QED) is 0.136. The number of fused-ring (bicyclic) bond motifs is 1. The Morgan fingerprint density at radius 2 is 1.43 bits per heavy atom. The summed E-state index contributed by atoms with van der Waals surface area (Å²) in [6.45, 7) is 3.23. The maximum Gasteiger partial charge on any atom is 0.416 e. The van der Waals surface area contributed by atoms with Gasteiger partial charge < -0.3 is 19.3 Å². The zero-order valence-electron chi connectivity index (χ0n) is 25.3. The van der Waals surface area contributed by atoms with Crippen molar-refractivity contribution in [3.05, 3.63) is 75.5 Å². The smallest absolute Gasteiger partial charge is 0.416 e. The minimum absolute atomic E-state index is 0.0384. The third kappa shape index (κ3) is 7.94. The lowest BCUT2D eigenvalue weighted by atomic mass is 10.0. The average molecular weight is 713 g/mol. The highest BCUT2D eigenvalue weighted by molar-refractivity contribution is 9.10. The highest BCUT2D eigenvalue weighted by Crippen LogP contribution is 2.39. The van der Waals surface area contributed by atoms with Gasteiger partial charge in [0.1, 0.15) is 5.82 Å². The first-order valence-electron chi connectivity index (χ1n) is 14.6. The van der Waals surface area contributed by atoms with Crippen molar-refractivity contribution in [1.29, 1.82) is 0 Å². The third-order valence-corrected chi connectivity index (χ3v) is 8.03. The maximum absolute atomic E-state index is 13.7. The van der Waals surface area contributed by atoms with Crippen LogP contribution in [0.15, 0.2) is 53.3 Å². The molecular formula is C32H32BrF6N5O2. The summed E-state index contributed by atoms with van der Waals surface area (Å²) < 4.78 is 93.9. The van der Waals surface area contributed by atoms with Gasteiger partial charge in [-0.3, -0.25) is 0 Å². The minimum Gasteiger partial charge on any atom is -0.493 e. The van der Waals surface area contributed by atoms with Gasteiger partial charge in [-0.05, 0) is 77.0 Å². The van der Waals surface area contributed by atoms with E-state index in [1.807, 2.05) is 6.07 Å². The summed E-state index contributed by atoms with van der Waals surface area (Å²) >= 11 is 3.29. The molecule has 46 heavy (non-hydrogen) atoms. The first kappa shape index (κ1) is 33.6. The lowest BCUT2D eigenvalue weighted by Crippen LogP contribution is -2.31. The van der Waals surface area contributed by atoms with Crippen LogP contribution >= 0.6 is 15.9 Å². The largest absolute Gasteiger partial charge is 0.493 e. The van der Waals surface area contributed by atoms with Crippen LogP contribution in [0.3, 0.4) is 0 Å². The van der Waals surface area contributed by atoms with Crippen LogP contribution in [0.1, 0.15) is 48.4 Å². The summed E-state index contributed by atoms with van der Waals surface area (Å²) in [5.41, 5.74) is -1.63. The van der Waals surface area contributed by atoms with E-state index in [1.165, 1.54) is 26.6 Å². The van der Waals surface area contributed by atoms with Gasteiger partial charge in [-0.2, -0.15) is 26.3 Å². The molecule has 1 saturated carbocycles. The molecule has 0 unspecified atom stereocenters. The summed E-state index contributed by atoms with van der Waals surface area (Å²) in [4.78, 5) is 17.5. The summed E-state index contributed by atoms with van der Waals surface area (Å²) in [7, 11) is 3.05. The molecule has 0 radical (unpaired) electrons. The van der Waals surface area contributed by atoms with Crippen LogP contribution < -0.4 is 19.3 Å². The number of hydrogen-bond donors (Lipinski definition) is 0. The molecule has 5 rings (SSSR count). The zero-order chi connectivity index (χ0) is 33.2. The zero-order valence-corrected chi connectivity index (χ0v) is 26.9. The van der Waals surface area contributed by atoms with Gasteiger partial charge in [0, 0.05) is 55.6 Å². The van der Waals surface area contributed by atoms with E-state index in [0.29, 0.717) is 45.3 Å². The first-order valence-corrected chi connectivity index (χ1v) is 15.4. The molecule has 2 aromatic carbocycles. The fourth-order valence-corrected chi connectivity index (χ4v) is 5.50. The number of aromatic nitrogens is 3. The van der Waals surface area contributed by atoms with Crippen molar-refractivity contribution >= 4 is 38.6 Å². The Morgan fingerprint density at radius 1 is 0.826 bits per heavy atom. The SMILES string of the molecule is CCCN(CC1CC1)c1nc2cc(OC)c(OC)cc2cc1CN(Cc1cc(C(F)(F)F)cc(C(F)(F)F)c1)c1ncc(Br)cn1. The van der Waals surface area contributed by atoms with E-state index in [9.17, 15) is 26.3 Å². The van der Waals surface area contributed by atoms with Gasteiger partial charge in [0.15, 0.2) is 11.5 Å². The molecule has 1 fully saturated rings. The Morgan fingerprint density at radius 3 is 1.98 bits per heavy atom. The van der Waals surface area contributed by atoms with Crippen LogP contribution in [0, 0.1) is 5.92 Å². The number of hydrogen-bond acceptors (Lipinski definition) is 7. The Kier molecular flexibility index (Phi) is 9.85. The number of nitrogens with zero attached hydrogens (tertiary/aromatic N) is 5. The molecule has 2 heterocycles. The second-order valence-corrected chi connectivity index (χ2v) is 12.1. The Bertz CT molecular complexity index is 1650. The van der Waals surface area contributed by atoms with Gasteiger partial charge in [-0.1, -0.05) is 6.92 Å². The minimum atomic E-state index is -4.98. The molecule has 0 amide bonds. The number of benzene rings is 2. The molecule has 2 aromatic heterocycles. The first-order chi connectivity index (χ1) is 21.8. The fraction of sp³-hybridized carbons (Fsp3) is 0.406. The van der Waals surface area contributed by atoms with E-state index in [4.69, 9.17) is 14.5 Å². The number of pyridine rings is 1. The van der Waals surface area contributed by atoms with Gasteiger partial charge in [-0.15, -0.1) is 0 Å². The molecule has 0 N–H and O–H groups in total. The highest BCUT2D eigenvalue weighted by atomic mass is 79.9. The van der Waals surface area contributed by atoms with Crippen LogP contribution in [0.2, 0.25) is 0 Å². The van der Waals surface area contributed by atoms with Gasteiger partial charge in [-0.25, -0.2) is 15.0 Å². The van der Waals surface area contributed by atoms with Crippen LogP contribution in [0.25, 0.3) is 10.9 Å². The van der Waals surface area contributed by atoms with Crippen LogP contribution in [0.4, 0.5) is 38.1 Å². The average Bonchev–Trinajstić information content (AvgIpc) is 3.83. The van der Waals surface area contributed by atoms with E-state index in [2.05, 4.69) is 37.7 Å². The molecule has 0 bridgehead atoms. The third-order valence-electron chi connectivity index (χ3n) is 7.62. The lowest BCUT2D eigenvalue weighted by Gasteiger charge is -2.29. The van der Waals surface area contributed by atoms with Crippen molar-refractivity contribution in [3.8, 4) is 11.5 Å². The summed E-state index contributed by atoms with van der Waals surface area (Å²) in [6, 6.07) is 7.05. The molecule has 1 aliphatic rings. The van der Waals surface area contributed by atoms with Gasteiger partial charge in [0.2, 0.25) is 5.95 Å². The van der Waals surface area contributed by atoms with Gasteiger partial charge >= 0.3 is 12.4 Å². The number of ether oxygens (including phenoxy) is 2. The van der Waals surface area contributed by atoms with Gasteiger partial charge in [0.25, 0.3) is 0 Å². The van der Waals surface area contributed by atoms with Crippen molar-refractivity contribution in [2.75, 3.05) is 37.1 Å². The second-order valence-electron chi connectivity index (χ2n) is 11.2. The van der Waals surface area contributed by atoms with E-state index in [-0.39, 0.29) is 30.7 Å². The predicted molar refractivity (Wildman–Crippen MR) is 166 cm³/mol. The molecule has 0 spiro atoms. The highest BCUT2D eigenvalue weighted by Gasteiger charge is 2.37. The number of methoxy groups -OCH3 is 2. The summed E-state index contributed by atoms with van der Waals surface area (Å²) in [6.07, 6.45) is -3.98. The molecule has 14 heteroatoms. The van der Waals surface area contributed by atoms with Crippen molar-refractivity contribution in [2.45, 2.75) is 51.6 Å². The van der Waals surface area contributed by atoms with E-state index < -0.39 is 23.5 Å². The predicted octanol–water partition coefficient (Wildman–Crippen LogP) is 8.68. The van der Waals surface area contributed by atoms with Crippen molar-refractivity contribution in [3.63, 3.8) is 0 Å². The van der Waals surface area contributed by atoms with Crippen LogP contribution in [-0.4, -0.2) is 42.3 Å². The molecule has 0 atom stereocenters. The van der Waals surface area contributed by atoms with E-state index in [1.54, 1.807) is 17.0 Å². The molecule has 0 aliphatic heterocycles. The maximum atomic E-state index is 13.7. The normalized spacial score (nSPS) is 13.6. The Labute approximate surface area is 270 Å². The molecule has 246 valence electrons. The van der Waals surface area contributed by atoms with Crippen LogP contribution in [0.5, 0.6) is 11.5 Å².